The van der Waals surface area contributed by atoms with Crippen molar-refractivity contribution in [1.29, 1.82) is 0 Å². The Hall–Kier alpha value is -2.16. The molecule has 0 atom stereocenters. The number of hydrogen-bond donors (Lipinski definition) is 1. The lowest BCUT2D eigenvalue weighted by molar-refractivity contribution is -0.137. The maximum Gasteiger partial charge on any atom is 0.307 e. The number of carbonyl (C=O) groups excluding carboxylic acids is 2. The summed E-state index contributed by atoms with van der Waals surface area (Å²) in [5, 5.41) is 8.87. The molecule has 0 aliphatic heterocycles. The highest BCUT2D eigenvalue weighted by Gasteiger charge is 2.06. The number of allylic oxidation sites excluding steroid dienone is 2. The molecule has 1 aromatic rings. The van der Waals surface area contributed by atoms with Crippen LogP contribution in [0.5, 0.6) is 0 Å². The van der Waals surface area contributed by atoms with E-state index in [-0.39, 0.29) is 24.4 Å². The Kier molecular flexibility index (Phi) is 5.58. The minimum absolute atomic E-state index is 0.164. The SMILES string of the molecule is CC(=O)O/C(=C/C(=C=O)c1ccccc1)CCO. The predicted octanol–water partition coefficient (Wildman–Crippen LogP) is 1.73. The van der Waals surface area contributed by atoms with Crippen molar-refractivity contribution < 1.29 is 19.4 Å². The van der Waals surface area contributed by atoms with Gasteiger partial charge in [0.1, 0.15) is 11.7 Å². The van der Waals surface area contributed by atoms with Gasteiger partial charge in [0.2, 0.25) is 0 Å². The molecule has 0 aromatic heterocycles. The summed E-state index contributed by atoms with van der Waals surface area (Å²) < 4.78 is 4.91. The number of ether oxygens (including phenoxy) is 1. The van der Waals surface area contributed by atoms with Gasteiger partial charge in [-0.05, 0) is 11.6 Å². The molecule has 0 aliphatic carbocycles. The van der Waals surface area contributed by atoms with Crippen LogP contribution in [0.1, 0.15) is 18.9 Å². The van der Waals surface area contributed by atoms with Crippen LogP contribution in [-0.4, -0.2) is 23.6 Å². The minimum atomic E-state index is -0.493. The van der Waals surface area contributed by atoms with Gasteiger partial charge in [0.05, 0.1) is 12.2 Å². The first-order chi connectivity index (χ1) is 8.67. The smallest absolute Gasteiger partial charge is 0.307 e. The number of aliphatic hydroxyl groups is 1. The number of carbonyl (C=O) groups is 1. The van der Waals surface area contributed by atoms with Crippen molar-refractivity contribution in [3.63, 3.8) is 0 Å². The molecule has 4 nitrogen and oxygen atoms in total. The molecule has 0 heterocycles. The van der Waals surface area contributed by atoms with Crippen LogP contribution < -0.4 is 0 Å². The Morgan fingerprint density at radius 2 is 2.06 bits per heavy atom. The first kappa shape index (κ1) is 13.9. The molecule has 0 bridgehead atoms. The topological polar surface area (TPSA) is 63.6 Å². The zero-order chi connectivity index (χ0) is 13.4. The standard InChI is InChI=1S/C14H14O4/c1-11(17)18-14(7-8-15)9-13(10-16)12-5-3-2-4-6-12/h2-6,9,15H,7-8H2,1H3/b14-9+. The number of esters is 1. The quantitative estimate of drug-likeness (QED) is 0.372. The van der Waals surface area contributed by atoms with Crippen molar-refractivity contribution in [2.45, 2.75) is 13.3 Å². The highest BCUT2D eigenvalue weighted by Crippen LogP contribution is 2.16. The van der Waals surface area contributed by atoms with Gasteiger partial charge in [-0.2, -0.15) is 0 Å². The fourth-order valence-corrected chi connectivity index (χ4v) is 1.40. The molecule has 0 spiro atoms. The van der Waals surface area contributed by atoms with Crippen molar-refractivity contribution in [1.82, 2.24) is 0 Å². The Bertz CT molecular complexity index is 482. The lowest BCUT2D eigenvalue weighted by Gasteiger charge is -2.06. The zero-order valence-electron chi connectivity index (χ0n) is 10.1. The van der Waals surface area contributed by atoms with Crippen LogP contribution >= 0.6 is 0 Å². The first-order valence-electron chi connectivity index (χ1n) is 5.47. The fourth-order valence-electron chi connectivity index (χ4n) is 1.40. The maximum absolute atomic E-state index is 10.9. The molecule has 94 valence electrons. The predicted molar refractivity (Wildman–Crippen MR) is 67.1 cm³/mol. The highest BCUT2D eigenvalue weighted by atomic mass is 16.5. The number of aliphatic hydroxyl groups excluding tert-OH is 1. The zero-order valence-corrected chi connectivity index (χ0v) is 10.1. The van der Waals surface area contributed by atoms with Crippen LogP contribution in [0.25, 0.3) is 5.57 Å². The van der Waals surface area contributed by atoms with E-state index in [1.165, 1.54) is 13.0 Å². The van der Waals surface area contributed by atoms with E-state index in [1.807, 2.05) is 6.07 Å². The normalized spacial score (nSPS) is 10.7. The van der Waals surface area contributed by atoms with Crippen LogP contribution in [-0.2, 0) is 14.3 Å². The summed E-state index contributed by atoms with van der Waals surface area (Å²) in [7, 11) is 0. The Balaban J connectivity index is 3.01. The average Bonchev–Trinajstić information content (AvgIpc) is 2.36. The molecule has 0 saturated heterocycles. The molecule has 0 aliphatic rings. The van der Waals surface area contributed by atoms with E-state index >= 15 is 0 Å². The van der Waals surface area contributed by atoms with Crippen LogP contribution in [0, 0.1) is 0 Å². The summed E-state index contributed by atoms with van der Waals surface area (Å²) in [6.07, 6.45) is 1.58. The molecule has 0 radical (unpaired) electrons. The second-order valence-electron chi connectivity index (χ2n) is 3.56. The van der Waals surface area contributed by atoms with E-state index in [9.17, 15) is 9.59 Å². The third-order valence-electron chi connectivity index (χ3n) is 2.13. The second-order valence-corrected chi connectivity index (χ2v) is 3.56. The first-order valence-corrected chi connectivity index (χ1v) is 5.47. The average molecular weight is 246 g/mol. The molecule has 0 unspecified atom stereocenters. The van der Waals surface area contributed by atoms with Crippen LogP contribution in [0.2, 0.25) is 0 Å². The van der Waals surface area contributed by atoms with Crippen LogP contribution in [0.15, 0.2) is 42.2 Å². The summed E-state index contributed by atoms with van der Waals surface area (Å²) in [6, 6.07) is 8.91. The summed E-state index contributed by atoms with van der Waals surface area (Å²) in [5.74, 6) is 1.55. The third kappa shape index (κ3) is 4.37. The van der Waals surface area contributed by atoms with Gasteiger partial charge in [-0.25, -0.2) is 4.79 Å². The van der Waals surface area contributed by atoms with Gasteiger partial charge in [-0.1, -0.05) is 30.3 Å². The molecular weight excluding hydrogens is 232 g/mol. The molecule has 4 heteroatoms. The van der Waals surface area contributed by atoms with Gasteiger partial charge < -0.3 is 9.84 Å². The third-order valence-corrected chi connectivity index (χ3v) is 2.13. The molecule has 0 fully saturated rings. The van der Waals surface area contributed by atoms with Gasteiger partial charge in [-0.3, -0.25) is 4.79 Å². The minimum Gasteiger partial charge on any atom is -0.431 e. The lowest BCUT2D eigenvalue weighted by Crippen LogP contribution is -2.01. The molecular formula is C14H14O4. The second kappa shape index (κ2) is 7.22. The van der Waals surface area contributed by atoms with Crippen molar-refractivity contribution >= 4 is 17.5 Å². The van der Waals surface area contributed by atoms with Gasteiger partial charge in [0, 0.05) is 13.3 Å². The molecule has 0 saturated carbocycles. The maximum atomic E-state index is 10.9. The Labute approximate surface area is 105 Å². The largest absolute Gasteiger partial charge is 0.431 e. The number of rotatable bonds is 5. The van der Waals surface area contributed by atoms with E-state index < -0.39 is 5.97 Å². The summed E-state index contributed by atoms with van der Waals surface area (Å²) in [5.41, 5.74) is 0.954. The molecule has 0 amide bonds. The van der Waals surface area contributed by atoms with E-state index in [0.29, 0.717) is 5.56 Å². The van der Waals surface area contributed by atoms with Gasteiger partial charge >= 0.3 is 5.97 Å². The van der Waals surface area contributed by atoms with Crippen molar-refractivity contribution in [2.24, 2.45) is 0 Å². The molecule has 1 aromatic carbocycles. The molecule has 18 heavy (non-hydrogen) atoms. The molecule has 1 N–H and O–H groups in total. The monoisotopic (exact) mass is 246 g/mol. The van der Waals surface area contributed by atoms with Crippen molar-refractivity contribution in [3.05, 3.63) is 47.7 Å². The Morgan fingerprint density at radius 1 is 1.39 bits per heavy atom. The Morgan fingerprint density at radius 3 is 2.56 bits per heavy atom. The van der Waals surface area contributed by atoms with Crippen LogP contribution in [0.4, 0.5) is 0 Å². The number of hydrogen-bond acceptors (Lipinski definition) is 4. The highest BCUT2D eigenvalue weighted by molar-refractivity contribution is 5.93. The summed E-state index contributed by atoms with van der Waals surface area (Å²) >= 11 is 0. The van der Waals surface area contributed by atoms with Crippen LogP contribution in [0.3, 0.4) is 0 Å². The van der Waals surface area contributed by atoms with Gasteiger partial charge in [0.25, 0.3) is 0 Å². The van der Waals surface area contributed by atoms with Gasteiger partial charge in [-0.15, -0.1) is 0 Å². The number of benzene rings is 1. The van der Waals surface area contributed by atoms with Crippen molar-refractivity contribution in [2.75, 3.05) is 6.61 Å². The lowest BCUT2D eigenvalue weighted by atomic mass is 10.1. The van der Waals surface area contributed by atoms with Crippen molar-refractivity contribution in [3.8, 4) is 0 Å². The van der Waals surface area contributed by atoms with E-state index in [2.05, 4.69) is 0 Å². The van der Waals surface area contributed by atoms with E-state index in [4.69, 9.17) is 9.84 Å². The summed E-state index contributed by atoms with van der Waals surface area (Å²) in [6.45, 7) is 1.10. The van der Waals surface area contributed by atoms with E-state index in [1.54, 1.807) is 30.2 Å². The fraction of sp³-hybridized carbons (Fsp3) is 0.214. The van der Waals surface area contributed by atoms with E-state index in [0.717, 1.165) is 0 Å². The van der Waals surface area contributed by atoms with Gasteiger partial charge in [0.15, 0.2) is 0 Å². The summed E-state index contributed by atoms with van der Waals surface area (Å²) in [4.78, 5) is 21.8. The molecule has 1 rings (SSSR count).